The molecule has 100 valence electrons. The molecule has 2 aromatic heterocycles. The summed E-state index contributed by atoms with van der Waals surface area (Å²) in [5.74, 6) is 0.764. The Bertz CT molecular complexity index is 504. The fourth-order valence-electron chi connectivity index (χ4n) is 1.91. The van der Waals surface area contributed by atoms with Gasteiger partial charge in [0.25, 0.3) is 0 Å². The lowest BCUT2D eigenvalue weighted by molar-refractivity contribution is 0.399. The number of hydrogen-bond acceptors (Lipinski definition) is 5. The molecule has 1 unspecified atom stereocenters. The molecule has 1 atom stereocenters. The van der Waals surface area contributed by atoms with Gasteiger partial charge >= 0.3 is 0 Å². The molecule has 0 aliphatic rings. The van der Waals surface area contributed by atoms with Crippen molar-refractivity contribution in [2.45, 2.75) is 19.4 Å². The van der Waals surface area contributed by atoms with Crippen LogP contribution in [0, 0.1) is 0 Å². The smallest absolute Gasteiger partial charge is 0.142 e. The van der Waals surface area contributed by atoms with Crippen molar-refractivity contribution < 1.29 is 4.74 Å². The third kappa shape index (κ3) is 3.26. The molecule has 0 saturated carbocycles. The van der Waals surface area contributed by atoms with Gasteiger partial charge in [-0.25, -0.2) is 9.97 Å². The normalized spacial score (nSPS) is 12.1. The highest BCUT2D eigenvalue weighted by molar-refractivity contribution is 5.35. The van der Waals surface area contributed by atoms with Crippen molar-refractivity contribution in [3.8, 4) is 5.75 Å². The summed E-state index contributed by atoms with van der Waals surface area (Å²) < 4.78 is 5.38. The van der Waals surface area contributed by atoms with Crippen molar-refractivity contribution in [3.63, 3.8) is 0 Å². The SMILES string of the molecule is CCCNC(c1cncnc1)c1ncccc1OC. The van der Waals surface area contributed by atoms with Crippen molar-refractivity contribution in [2.24, 2.45) is 0 Å². The van der Waals surface area contributed by atoms with Crippen LogP contribution in [0.3, 0.4) is 0 Å². The zero-order valence-corrected chi connectivity index (χ0v) is 11.2. The number of nitrogens with one attached hydrogen (secondary N) is 1. The maximum Gasteiger partial charge on any atom is 0.142 e. The molecule has 0 amide bonds. The molecule has 2 aromatic rings. The van der Waals surface area contributed by atoms with Gasteiger partial charge in [0.05, 0.1) is 13.2 Å². The minimum absolute atomic E-state index is 0.0581. The Kier molecular flexibility index (Phi) is 4.80. The summed E-state index contributed by atoms with van der Waals surface area (Å²) in [6, 6.07) is 3.71. The van der Waals surface area contributed by atoms with E-state index in [0.717, 1.165) is 30.0 Å². The molecule has 19 heavy (non-hydrogen) atoms. The zero-order valence-electron chi connectivity index (χ0n) is 11.2. The number of methoxy groups -OCH3 is 1. The van der Waals surface area contributed by atoms with Gasteiger partial charge in [-0.1, -0.05) is 6.92 Å². The first-order chi connectivity index (χ1) is 9.36. The minimum Gasteiger partial charge on any atom is -0.495 e. The van der Waals surface area contributed by atoms with Crippen LogP contribution < -0.4 is 10.1 Å². The summed E-state index contributed by atoms with van der Waals surface area (Å²) in [5, 5.41) is 3.45. The van der Waals surface area contributed by atoms with Crippen LogP contribution in [0.5, 0.6) is 5.75 Å². The summed E-state index contributed by atoms with van der Waals surface area (Å²) in [6.45, 7) is 3.01. The van der Waals surface area contributed by atoms with E-state index in [-0.39, 0.29) is 6.04 Å². The number of rotatable bonds is 6. The number of pyridine rings is 1. The van der Waals surface area contributed by atoms with Gasteiger partial charge in [-0.3, -0.25) is 4.98 Å². The lowest BCUT2D eigenvalue weighted by Crippen LogP contribution is -2.24. The van der Waals surface area contributed by atoms with Gasteiger partial charge in [0.2, 0.25) is 0 Å². The van der Waals surface area contributed by atoms with Crippen LogP contribution in [0.2, 0.25) is 0 Å². The number of hydrogen-bond donors (Lipinski definition) is 1. The first-order valence-electron chi connectivity index (χ1n) is 6.34. The van der Waals surface area contributed by atoms with E-state index in [9.17, 15) is 0 Å². The summed E-state index contributed by atoms with van der Waals surface area (Å²) in [7, 11) is 1.65. The Balaban J connectivity index is 2.37. The van der Waals surface area contributed by atoms with Gasteiger partial charge in [0.15, 0.2) is 0 Å². The fourth-order valence-corrected chi connectivity index (χ4v) is 1.91. The Morgan fingerprint density at radius 3 is 2.79 bits per heavy atom. The molecule has 0 bridgehead atoms. The van der Waals surface area contributed by atoms with Gasteiger partial charge in [-0.15, -0.1) is 0 Å². The summed E-state index contributed by atoms with van der Waals surface area (Å²) >= 11 is 0. The second-order valence-electron chi connectivity index (χ2n) is 4.15. The van der Waals surface area contributed by atoms with Gasteiger partial charge in [0, 0.05) is 24.2 Å². The molecule has 0 spiro atoms. The summed E-state index contributed by atoms with van der Waals surface area (Å²) in [5.41, 5.74) is 1.83. The summed E-state index contributed by atoms with van der Waals surface area (Å²) in [6.07, 6.45) is 7.93. The predicted molar refractivity (Wildman–Crippen MR) is 73.0 cm³/mol. The molecule has 2 rings (SSSR count). The predicted octanol–water partition coefficient (Wildman–Crippen LogP) is 1.97. The molecule has 0 aliphatic heterocycles. The largest absolute Gasteiger partial charge is 0.495 e. The molecule has 0 radical (unpaired) electrons. The Labute approximate surface area is 113 Å². The van der Waals surface area contributed by atoms with E-state index in [2.05, 4.69) is 27.2 Å². The van der Waals surface area contributed by atoms with Crippen molar-refractivity contribution >= 4 is 0 Å². The van der Waals surface area contributed by atoms with E-state index >= 15 is 0 Å². The maximum absolute atomic E-state index is 5.38. The van der Waals surface area contributed by atoms with Crippen LogP contribution in [0.4, 0.5) is 0 Å². The molecule has 0 saturated heterocycles. The molecule has 5 heteroatoms. The van der Waals surface area contributed by atoms with Crippen LogP contribution in [-0.2, 0) is 0 Å². The van der Waals surface area contributed by atoms with Crippen molar-refractivity contribution in [2.75, 3.05) is 13.7 Å². The first-order valence-corrected chi connectivity index (χ1v) is 6.34. The summed E-state index contributed by atoms with van der Waals surface area (Å²) in [4.78, 5) is 12.6. The van der Waals surface area contributed by atoms with Crippen molar-refractivity contribution in [3.05, 3.63) is 48.3 Å². The van der Waals surface area contributed by atoms with Crippen LogP contribution in [0.1, 0.15) is 30.6 Å². The van der Waals surface area contributed by atoms with E-state index in [1.165, 1.54) is 6.33 Å². The van der Waals surface area contributed by atoms with Crippen LogP contribution in [0.25, 0.3) is 0 Å². The second kappa shape index (κ2) is 6.80. The third-order valence-corrected chi connectivity index (χ3v) is 2.81. The van der Waals surface area contributed by atoms with Gasteiger partial charge in [0.1, 0.15) is 17.8 Å². The molecule has 0 fully saturated rings. The lowest BCUT2D eigenvalue weighted by atomic mass is 10.1. The van der Waals surface area contributed by atoms with Crippen LogP contribution >= 0.6 is 0 Å². The van der Waals surface area contributed by atoms with Crippen LogP contribution in [0.15, 0.2) is 37.1 Å². The number of aromatic nitrogens is 3. The molecule has 0 aliphatic carbocycles. The highest BCUT2D eigenvalue weighted by Crippen LogP contribution is 2.26. The Morgan fingerprint density at radius 1 is 1.32 bits per heavy atom. The zero-order chi connectivity index (χ0) is 13.5. The van der Waals surface area contributed by atoms with E-state index in [0.29, 0.717) is 0 Å². The molecule has 0 aromatic carbocycles. The molecular formula is C14H18N4O. The van der Waals surface area contributed by atoms with E-state index in [1.807, 2.05) is 12.1 Å². The van der Waals surface area contributed by atoms with Crippen LogP contribution in [-0.4, -0.2) is 28.6 Å². The third-order valence-electron chi connectivity index (χ3n) is 2.81. The minimum atomic E-state index is -0.0581. The first kappa shape index (κ1) is 13.4. The number of ether oxygens (including phenoxy) is 1. The standard InChI is InChI=1S/C14H18N4O/c1-3-6-17-13(11-8-15-10-16-9-11)14-12(19-2)5-4-7-18-14/h4-5,7-10,13,17H,3,6H2,1-2H3. The van der Waals surface area contributed by atoms with Gasteiger partial charge < -0.3 is 10.1 Å². The fraction of sp³-hybridized carbons (Fsp3) is 0.357. The van der Waals surface area contributed by atoms with E-state index in [1.54, 1.807) is 25.7 Å². The Hall–Kier alpha value is -2.01. The average molecular weight is 258 g/mol. The lowest BCUT2D eigenvalue weighted by Gasteiger charge is -2.19. The Morgan fingerprint density at radius 2 is 2.11 bits per heavy atom. The second-order valence-corrected chi connectivity index (χ2v) is 4.15. The highest BCUT2D eigenvalue weighted by atomic mass is 16.5. The molecule has 2 heterocycles. The van der Waals surface area contributed by atoms with Gasteiger partial charge in [-0.05, 0) is 25.1 Å². The monoisotopic (exact) mass is 258 g/mol. The highest BCUT2D eigenvalue weighted by Gasteiger charge is 2.19. The topological polar surface area (TPSA) is 59.9 Å². The quantitative estimate of drug-likeness (QED) is 0.858. The maximum atomic E-state index is 5.38. The average Bonchev–Trinajstić information content (AvgIpc) is 2.49. The number of nitrogens with zero attached hydrogens (tertiary/aromatic N) is 3. The van der Waals surface area contributed by atoms with Gasteiger partial charge in [-0.2, -0.15) is 0 Å². The van der Waals surface area contributed by atoms with Crippen molar-refractivity contribution in [1.29, 1.82) is 0 Å². The molecule has 5 nitrogen and oxygen atoms in total. The molecular weight excluding hydrogens is 240 g/mol. The van der Waals surface area contributed by atoms with E-state index in [4.69, 9.17) is 4.74 Å². The van der Waals surface area contributed by atoms with E-state index < -0.39 is 0 Å². The molecule has 1 N–H and O–H groups in total. The van der Waals surface area contributed by atoms with Crippen molar-refractivity contribution in [1.82, 2.24) is 20.3 Å².